The van der Waals surface area contributed by atoms with Crippen LogP contribution >= 0.6 is 11.8 Å². The highest BCUT2D eigenvalue weighted by Gasteiger charge is 2.31. The molecule has 0 aliphatic carbocycles. The lowest BCUT2D eigenvalue weighted by atomic mass is 10.0. The number of carbonyl (C=O) groups is 1. The van der Waals surface area contributed by atoms with Crippen LogP contribution in [0.25, 0.3) is 11.1 Å². The van der Waals surface area contributed by atoms with E-state index in [1.54, 1.807) is 6.07 Å². The minimum atomic E-state index is -4.51. The molecule has 1 heterocycles. The van der Waals surface area contributed by atoms with E-state index in [-0.39, 0.29) is 35.1 Å². The number of thioether (sulfide) groups is 1. The van der Waals surface area contributed by atoms with Crippen LogP contribution in [0.15, 0.2) is 57.9 Å². The van der Waals surface area contributed by atoms with Crippen molar-refractivity contribution in [3.63, 3.8) is 0 Å². The highest BCUT2D eigenvalue weighted by Crippen LogP contribution is 2.37. The first-order valence-electron chi connectivity index (χ1n) is 9.04. The lowest BCUT2D eigenvalue weighted by molar-refractivity contribution is -0.137. The lowest BCUT2D eigenvalue weighted by Gasteiger charge is -2.10. The van der Waals surface area contributed by atoms with E-state index < -0.39 is 17.6 Å². The van der Waals surface area contributed by atoms with Crippen LogP contribution in [-0.2, 0) is 22.3 Å². The Kier molecular flexibility index (Phi) is 7.24. The van der Waals surface area contributed by atoms with Crippen LogP contribution in [0, 0.1) is 0 Å². The molecular weight excluding hydrogens is 433 g/mol. The van der Waals surface area contributed by atoms with Gasteiger partial charge in [0.1, 0.15) is 11.4 Å². The molecule has 3 aromatic rings. The summed E-state index contributed by atoms with van der Waals surface area (Å²) in [5, 5.41) is 6.44. The monoisotopic (exact) mass is 452 g/mol. The van der Waals surface area contributed by atoms with Gasteiger partial charge in [0.15, 0.2) is 0 Å². The maximum absolute atomic E-state index is 13.1. The first-order valence-corrected chi connectivity index (χ1v) is 10.0. The lowest BCUT2D eigenvalue weighted by Crippen LogP contribution is -2.14. The quantitative estimate of drug-likeness (QED) is 0.471. The molecule has 0 atom stereocenters. The molecule has 1 aromatic heterocycles. The number of carbonyl (C=O) groups excluding carboxylic acids is 1. The molecule has 1 N–H and O–H groups in total. The number of para-hydroxylation sites is 1. The Labute approximate surface area is 180 Å². The molecule has 0 aliphatic rings. The van der Waals surface area contributed by atoms with Gasteiger partial charge >= 0.3 is 6.18 Å². The van der Waals surface area contributed by atoms with Gasteiger partial charge in [-0.2, -0.15) is 13.2 Å². The van der Waals surface area contributed by atoms with Gasteiger partial charge in [-0.25, -0.2) is 0 Å². The van der Waals surface area contributed by atoms with Gasteiger partial charge in [-0.15, -0.1) is 11.8 Å². The van der Waals surface area contributed by atoms with Gasteiger partial charge in [0.25, 0.3) is 0 Å². The van der Waals surface area contributed by atoms with Crippen molar-refractivity contribution in [3.05, 3.63) is 59.8 Å². The number of anilines is 1. The van der Waals surface area contributed by atoms with Crippen molar-refractivity contribution in [2.45, 2.75) is 17.7 Å². The smallest absolute Gasteiger partial charge is 0.416 e. The number of hydrogen-bond donors (Lipinski definition) is 1. The predicted molar refractivity (Wildman–Crippen MR) is 110 cm³/mol. The van der Waals surface area contributed by atoms with Crippen molar-refractivity contribution < 1.29 is 32.0 Å². The Bertz CT molecular complexity index is 1050. The number of rotatable bonds is 8. The number of aromatic nitrogens is 1. The van der Waals surface area contributed by atoms with Gasteiger partial charge in [-0.3, -0.25) is 10.1 Å². The molecule has 1 amide bonds. The molecule has 0 bridgehead atoms. The average molecular weight is 452 g/mol. The standard InChI is InChI=1S/C21H19F3N2O4S/c1-28-11-15-19(13-6-5-7-14(10-13)21(22,23)24)20(30-26-15)25-18(27)12-31-17-9-4-3-8-16(17)29-2/h3-10H,11-12H2,1-2H3,(H,25,27). The summed E-state index contributed by atoms with van der Waals surface area (Å²) in [4.78, 5) is 13.3. The molecule has 0 aliphatic heterocycles. The zero-order valence-corrected chi connectivity index (χ0v) is 17.5. The molecular formula is C21H19F3N2O4S. The van der Waals surface area contributed by atoms with E-state index in [0.717, 1.165) is 17.0 Å². The second-order valence-electron chi connectivity index (χ2n) is 6.33. The van der Waals surface area contributed by atoms with Crippen molar-refractivity contribution in [2.24, 2.45) is 0 Å². The molecule has 31 heavy (non-hydrogen) atoms. The Balaban J connectivity index is 1.83. The van der Waals surface area contributed by atoms with E-state index in [4.69, 9.17) is 14.0 Å². The third-order valence-corrected chi connectivity index (χ3v) is 5.26. The maximum Gasteiger partial charge on any atom is 0.416 e. The van der Waals surface area contributed by atoms with Crippen LogP contribution in [0.2, 0.25) is 0 Å². The largest absolute Gasteiger partial charge is 0.496 e. The number of alkyl halides is 3. The van der Waals surface area contributed by atoms with E-state index in [2.05, 4.69) is 10.5 Å². The van der Waals surface area contributed by atoms with Crippen LogP contribution in [0.1, 0.15) is 11.3 Å². The fourth-order valence-electron chi connectivity index (χ4n) is 2.84. The second-order valence-corrected chi connectivity index (χ2v) is 7.35. The number of nitrogens with one attached hydrogen (secondary N) is 1. The summed E-state index contributed by atoms with van der Waals surface area (Å²) in [6.45, 7) is 0.000906. The molecule has 6 nitrogen and oxygen atoms in total. The molecule has 0 unspecified atom stereocenters. The third kappa shape index (κ3) is 5.59. The zero-order chi connectivity index (χ0) is 22.4. The minimum Gasteiger partial charge on any atom is -0.496 e. The molecule has 3 rings (SSSR count). The number of hydrogen-bond acceptors (Lipinski definition) is 6. The summed E-state index contributed by atoms with van der Waals surface area (Å²) in [7, 11) is 2.96. The zero-order valence-electron chi connectivity index (χ0n) is 16.7. The number of ether oxygens (including phenoxy) is 2. The van der Waals surface area contributed by atoms with E-state index in [9.17, 15) is 18.0 Å². The van der Waals surface area contributed by atoms with Crippen LogP contribution in [-0.4, -0.2) is 31.0 Å². The number of amides is 1. The molecule has 0 fully saturated rings. The van der Waals surface area contributed by atoms with Crippen molar-refractivity contribution >= 4 is 23.6 Å². The summed E-state index contributed by atoms with van der Waals surface area (Å²) < 4.78 is 55.0. The normalized spacial score (nSPS) is 11.4. The van der Waals surface area contributed by atoms with Gasteiger partial charge in [-0.05, 0) is 29.8 Å². The van der Waals surface area contributed by atoms with Gasteiger partial charge in [0.2, 0.25) is 11.8 Å². The summed E-state index contributed by atoms with van der Waals surface area (Å²) in [6, 6.07) is 11.9. The highest BCUT2D eigenvalue weighted by molar-refractivity contribution is 8.00. The minimum absolute atomic E-state index is 0.000906. The highest BCUT2D eigenvalue weighted by atomic mass is 32.2. The fourth-order valence-corrected chi connectivity index (χ4v) is 3.66. The van der Waals surface area contributed by atoms with Crippen molar-refractivity contribution in [1.29, 1.82) is 0 Å². The van der Waals surface area contributed by atoms with Crippen molar-refractivity contribution in [1.82, 2.24) is 5.16 Å². The third-order valence-electron chi connectivity index (χ3n) is 4.20. The van der Waals surface area contributed by atoms with Crippen LogP contribution < -0.4 is 10.1 Å². The van der Waals surface area contributed by atoms with E-state index in [1.807, 2.05) is 18.2 Å². The van der Waals surface area contributed by atoms with Crippen LogP contribution in [0.5, 0.6) is 5.75 Å². The number of halogens is 3. The van der Waals surface area contributed by atoms with E-state index in [0.29, 0.717) is 5.75 Å². The topological polar surface area (TPSA) is 73.6 Å². The molecule has 2 aromatic carbocycles. The fraction of sp³-hybridized carbons (Fsp3) is 0.238. The average Bonchev–Trinajstić information content (AvgIpc) is 3.14. The molecule has 0 saturated carbocycles. The predicted octanol–water partition coefficient (Wildman–Crippen LogP) is 5.25. The van der Waals surface area contributed by atoms with Gasteiger partial charge in [0, 0.05) is 12.0 Å². The Hall–Kier alpha value is -2.98. The molecule has 0 saturated heterocycles. The van der Waals surface area contributed by atoms with Crippen molar-refractivity contribution in [3.8, 4) is 16.9 Å². The van der Waals surface area contributed by atoms with Gasteiger partial charge < -0.3 is 14.0 Å². The van der Waals surface area contributed by atoms with Crippen LogP contribution in [0.4, 0.5) is 19.1 Å². The molecule has 10 heteroatoms. The molecule has 0 spiro atoms. The SMILES string of the molecule is COCc1noc(NC(=O)CSc2ccccc2OC)c1-c1cccc(C(F)(F)F)c1. The number of benzene rings is 2. The molecule has 164 valence electrons. The van der Waals surface area contributed by atoms with E-state index in [1.165, 1.54) is 38.1 Å². The van der Waals surface area contributed by atoms with E-state index >= 15 is 0 Å². The molecule has 0 radical (unpaired) electrons. The van der Waals surface area contributed by atoms with Crippen LogP contribution in [0.3, 0.4) is 0 Å². The summed E-state index contributed by atoms with van der Waals surface area (Å²) in [5.74, 6) is 0.205. The summed E-state index contributed by atoms with van der Waals surface area (Å²) in [5.41, 5.74) is -0.104. The summed E-state index contributed by atoms with van der Waals surface area (Å²) >= 11 is 1.25. The first-order chi connectivity index (χ1) is 14.8. The van der Waals surface area contributed by atoms with Gasteiger partial charge in [0.05, 0.1) is 30.6 Å². The number of nitrogens with zero attached hydrogens (tertiary/aromatic N) is 1. The number of methoxy groups -OCH3 is 2. The maximum atomic E-state index is 13.1. The second kappa shape index (κ2) is 9.88. The first kappa shape index (κ1) is 22.7. The van der Waals surface area contributed by atoms with Gasteiger partial charge in [-0.1, -0.05) is 29.4 Å². The Morgan fingerprint density at radius 3 is 2.65 bits per heavy atom. The Morgan fingerprint density at radius 1 is 1.16 bits per heavy atom. The Morgan fingerprint density at radius 2 is 1.94 bits per heavy atom. The summed E-state index contributed by atoms with van der Waals surface area (Å²) in [6.07, 6.45) is -4.51. The van der Waals surface area contributed by atoms with Crippen molar-refractivity contribution in [2.75, 3.05) is 25.3 Å².